The average Bonchev–Trinajstić information content (AvgIpc) is 3.07. The van der Waals surface area contributed by atoms with E-state index in [1.165, 1.54) is 18.5 Å². The second kappa shape index (κ2) is 6.31. The fourth-order valence-corrected chi connectivity index (χ4v) is 2.31. The first-order valence-corrected chi connectivity index (χ1v) is 7.17. The number of nitrogens with one attached hydrogen (secondary N) is 1. The molecule has 124 valence electrons. The maximum absolute atomic E-state index is 12.5. The lowest BCUT2D eigenvalue weighted by Gasteiger charge is -2.11. The predicted molar refractivity (Wildman–Crippen MR) is 82.7 cm³/mol. The molecule has 0 bridgehead atoms. The van der Waals surface area contributed by atoms with Gasteiger partial charge in [0.05, 0.1) is 11.3 Å². The van der Waals surface area contributed by atoms with Crippen LogP contribution in [0.5, 0.6) is 0 Å². The van der Waals surface area contributed by atoms with Crippen LogP contribution in [0.25, 0.3) is 5.69 Å². The zero-order chi connectivity index (χ0) is 17.2. The minimum Gasteiger partial charge on any atom is -0.381 e. The van der Waals surface area contributed by atoms with Gasteiger partial charge < -0.3 is 5.32 Å². The minimum absolute atomic E-state index is 0.432. The van der Waals surface area contributed by atoms with Crippen LogP contribution in [0.4, 0.5) is 18.9 Å². The molecule has 0 unspecified atom stereocenters. The maximum atomic E-state index is 12.5. The van der Waals surface area contributed by atoms with Gasteiger partial charge in [-0.3, -0.25) is 0 Å². The molecule has 0 aliphatic heterocycles. The zero-order valence-corrected chi connectivity index (χ0v) is 12.7. The number of aryl methyl sites for hydroxylation is 1. The number of anilines is 1. The normalized spacial score (nSPS) is 11.5. The second-order valence-corrected chi connectivity index (χ2v) is 5.30. The summed E-state index contributed by atoms with van der Waals surface area (Å²) in [4.78, 5) is 0. The molecule has 0 fully saturated rings. The third-order valence-corrected chi connectivity index (χ3v) is 3.57. The third kappa shape index (κ3) is 3.53. The Labute approximate surface area is 136 Å². The van der Waals surface area contributed by atoms with Gasteiger partial charge in [0.2, 0.25) is 0 Å². The van der Waals surface area contributed by atoms with Gasteiger partial charge in [-0.25, -0.2) is 4.68 Å². The Morgan fingerprint density at radius 2 is 1.83 bits per heavy atom. The number of benzene rings is 2. The number of hydrogen-bond acceptors (Lipinski definition) is 4. The SMILES string of the molecule is Cc1cc(NCc2ccc(C(F)(F)F)cc2)ccc1-n1cnnn1. The Morgan fingerprint density at radius 1 is 1.08 bits per heavy atom. The van der Waals surface area contributed by atoms with Crippen molar-refractivity contribution in [3.05, 3.63) is 65.5 Å². The molecule has 0 saturated carbocycles. The minimum atomic E-state index is -4.31. The Balaban J connectivity index is 1.68. The summed E-state index contributed by atoms with van der Waals surface area (Å²) in [5, 5.41) is 14.2. The zero-order valence-electron chi connectivity index (χ0n) is 12.7. The quantitative estimate of drug-likeness (QED) is 0.792. The first-order chi connectivity index (χ1) is 11.4. The van der Waals surface area contributed by atoms with Crippen LogP contribution in [0.1, 0.15) is 16.7 Å². The highest BCUT2D eigenvalue weighted by Crippen LogP contribution is 2.29. The highest BCUT2D eigenvalue weighted by molar-refractivity contribution is 5.53. The molecule has 0 spiro atoms. The number of nitrogens with zero attached hydrogens (tertiary/aromatic N) is 4. The van der Waals surface area contributed by atoms with E-state index in [0.29, 0.717) is 6.54 Å². The van der Waals surface area contributed by atoms with E-state index in [2.05, 4.69) is 20.8 Å². The number of tetrazole rings is 1. The van der Waals surface area contributed by atoms with Gasteiger partial charge in [-0.2, -0.15) is 13.2 Å². The molecule has 0 atom stereocenters. The Morgan fingerprint density at radius 3 is 2.42 bits per heavy atom. The summed E-state index contributed by atoms with van der Waals surface area (Å²) in [6.07, 6.45) is -2.80. The van der Waals surface area contributed by atoms with Crippen molar-refractivity contribution in [1.82, 2.24) is 20.2 Å². The van der Waals surface area contributed by atoms with E-state index < -0.39 is 11.7 Å². The van der Waals surface area contributed by atoms with Gasteiger partial charge in [-0.1, -0.05) is 12.1 Å². The summed E-state index contributed by atoms with van der Waals surface area (Å²) in [7, 11) is 0. The van der Waals surface area contributed by atoms with Crippen molar-refractivity contribution in [3.8, 4) is 5.69 Å². The summed E-state index contributed by atoms with van der Waals surface area (Å²) < 4.78 is 39.2. The van der Waals surface area contributed by atoms with Crippen LogP contribution in [0.2, 0.25) is 0 Å². The van der Waals surface area contributed by atoms with E-state index >= 15 is 0 Å². The molecule has 24 heavy (non-hydrogen) atoms. The summed E-state index contributed by atoms with van der Waals surface area (Å²) in [5.41, 5.74) is 2.82. The molecule has 3 rings (SSSR count). The second-order valence-electron chi connectivity index (χ2n) is 5.30. The van der Waals surface area contributed by atoms with Crippen molar-refractivity contribution >= 4 is 5.69 Å². The molecule has 1 heterocycles. The van der Waals surface area contributed by atoms with Gasteiger partial charge in [0, 0.05) is 12.2 Å². The largest absolute Gasteiger partial charge is 0.416 e. The molecule has 5 nitrogen and oxygen atoms in total. The molecule has 2 aromatic carbocycles. The van der Waals surface area contributed by atoms with Crippen LogP contribution in [0, 0.1) is 6.92 Å². The van der Waals surface area contributed by atoms with Crippen LogP contribution < -0.4 is 5.32 Å². The first-order valence-electron chi connectivity index (χ1n) is 7.17. The Bertz CT molecular complexity index is 811. The van der Waals surface area contributed by atoms with Crippen LogP contribution in [0.15, 0.2) is 48.8 Å². The van der Waals surface area contributed by atoms with Gasteiger partial charge in [0.1, 0.15) is 6.33 Å². The Hall–Kier alpha value is -2.90. The molecule has 0 saturated heterocycles. The molecule has 0 aliphatic carbocycles. The van der Waals surface area contributed by atoms with Crippen molar-refractivity contribution < 1.29 is 13.2 Å². The lowest BCUT2D eigenvalue weighted by Crippen LogP contribution is -2.06. The fourth-order valence-electron chi connectivity index (χ4n) is 2.31. The van der Waals surface area contributed by atoms with E-state index in [4.69, 9.17) is 0 Å². The third-order valence-electron chi connectivity index (χ3n) is 3.57. The first kappa shape index (κ1) is 16.0. The number of alkyl halides is 3. The van der Waals surface area contributed by atoms with E-state index in [0.717, 1.165) is 34.6 Å². The monoisotopic (exact) mass is 333 g/mol. The molecular weight excluding hydrogens is 319 g/mol. The van der Waals surface area contributed by atoms with E-state index in [9.17, 15) is 13.2 Å². The van der Waals surface area contributed by atoms with E-state index in [1.54, 1.807) is 4.68 Å². The molecule has 1 aromatic heterocycles. The van der Waals surface area contributed by atoms with Crippen LogP contribution in [-0.4, -0.2) is 20.2 Å². The summed E-state index contributed by atoms with van der Waals surface area (Å²) in [6.45, 7) is 2.36. The van der Waals surface area contributed by atoms with Gasteiger partial charge >= 0.3 is 6.18 Å². The molecule has 0 radical (unpaired) electrons. The van der Waals surface area contributed by atoms with Crippen molar-refractivity contribution in [1.29, 1.82) is 0 Å². The number of halogens is 3. The fraction of sp³-hybridized carbons (Fsp3) is 0.188. The van der Waals surface area contributed by atoms with E-state index in [-0.39, 0.29) is 0 Å². The number of rotatable bonds is 4. The molecule has 0 aliphatic rings. The van der Waals surface area contributed by atoms with Crippen molar-refractivity contribution in [2.45, 2.75) is 19.6 Å². The standard InChI is InChI=1S/C16H14F3N5/c1-11-8-14(6-7-15(11)24-10-21-22-23-24)20-9-12-2-4-13(5-3-12)16(17,18)19/h2-8,10,20H,9H2,1H3. The Kier molecular flexibility index (Phi) is 4.20. The van der Waals surface area contributed by atoms with Crippen molar-refractivity contribution in [3.63, 3.8) is 0 Å². The number of hydrogen-bond donors (Lipinski definition) is 1. The molecule has 0 amide bonds. The van der Waals surface area contributed by atoms with E-state index in [1.807, 2.05) is 25.1 Å². The van der Waals surface area contributed by atoms with Crippen LogP contribution in [0.3, 0.4) is 0 Å². The lowest BCUT2D eigenvalue weighted by molar-refractivity contribution is -0.137. The van der Waals surface area contributed by atoms with Gasteiger partial charge in [0.25, 0.3) is 0 Å². The number of aromatic nitrogens is 4. The van der Waals surface area contributed by atoms with Crippen LogP contribution >= 0.6 is 0 Å². The summed E-state index contributed by atoms with van der Waals surface area (Å²) >= 11 is 0. The molecule has 8 heteroatoms. The molecule has 1 N–H and O–H groups in total. The molecular formula is C16H14F3N5. The summed E-state index contributed by atoms with van der Waals surface area (Å²) in [5.74, 6) is 0. The predicted octanol–water partition coefficient (Wildman–Crippen LogP) is 3.60. The lowest BCUT2D eigenvalue weighted by atomic mass is 10.1. The van der Waals surface area contributed by atoms with Crippen LogP contribution in [-0.2, 0) is 12.7 Å². The van der Waals surface area contributed by atoms with Gasteiger partial charge in [-0.15, -0.1) is 5.10 Å². The topological polar surface area (TPSA) is 55.6 Å². The highest BCUT2D eigenvalue weighted by atomic mass is 19.4. The molecule has 3 aromatic rings. The smallest absolute Gasteiger partial charge is 0.381 e. The maximum Gasteiger partial charge on any atom is 0.416 e. The van der Waals surface area contributed by atoms with Gasteiger partial charge in [-0.05, 0) is 58.8 Å². The average molecular weight is 333 g/mol. The van der Waals surface area contributed by atoms with Gasteiger partial charge in [0.15, 0.2) is 0 Å². The highest BCUT2D eigenvalue weighted by Gasteiger charge is 2.29. The van der Waals surface area contributed by atoms with Crippen molar-refractivity contribution in [2.24, 2.45) is 0 Å². The summed E-state index contributed by atoms with van der Waals surface area (Å²) in [6, 6.07) is 10.8. The van der Waals surface area contributed by atoms with Crippen molar-refractivity contribution in [2.75, 3.05) is 5.32 Å².